The van der Waals surface area contributed by atoms with Gasteiger partial charge < -0.3 is 9.64 Å². The minimum atomic E-state index is -0.395. The van der Waals surface area contributed by atoms with Gasteiger partial charge in [-0.05, 0) is 60.3 Å². The molecule has 6 heteroatoms. The first-order valence-corrected chi connectivity index (χ1v) is 10.6. The Kier molecular flexibility index (Phi) is 6.47. The Balaban J connectivity index is 1.76. The molecule has 1 aromatic heterocycles. The third-order valence-corrected chi connectivity index (χ3v) is 5.43. The van der Waals surface area contributed by atoms with E-state index >= 15 is 0 Å². The Hall–Kier alpha value is -3.70. The monoisotopic (exact) mass is 444 g/mol. The van der Waals surface area contributed by atoms with Gasteiger partial charge in [0.15, 0.2) is 0 Å². The molecule has 0 N–H and O–H groups in total. The Morgan fingerprint density at radius 2 is 1.69 bits per heavy atom. The fraction of sp³-hybridized carbons (Fsp3) is 0.115. The number of pyridine rings is 1. The van der Waals surface area contributed by atoms with E-state index in [4.69, 9.17) is 16.3 Å². The number of nitrogens with zero attached hydrogens (tertiary/aromatic N) is 2. The van der Waals surface area contributed by atoms with Crippen LogP contribution in [0.3, 0.4) is 0 Å². The molecule has 0 bridgehead atoms. The molecule has 0 aliphatic heterocycles. The summed E-state index contributed by atoms with van der Waals surface area (Å²) in [5, 5.41) is 2.19. The Labute approximate surface area is 191 Å². The molecule has 1 amide bonds. The topological polar surface area (TPSA) is 59.5 Å². The summed E-state index contributed by atoms with van der Waals surface area (Å²) < 4.78 is 5.06. The van der Waals surface area contributed by atoms with Gasteiger partial charge in [0.2, 0.25) is 0 Å². The Morgan fingerprint density at radius 3 is 2.41 bits per heavy atom. The Bertz CT molecular complexity index is 1260. The second-order valence-corrected chi connectivity index (χ2v) is 7.57. The quantitative estimate of drug-likeness (QED) is 0.347. The van der Waals surface area contributed by atoms with E-state index in [1.807, 2.05) is 36.4 Å². The number of hydrogen-bond acceptors (Lipinski definition) is 4. The van der Waals surface area contributed by atoms with Crippen molar-refractivity contribution < 1.29 is 14.3 Å². The van der Waals surface area contributed by atoms with Crippen molar-refractivity contribution in [1.29, 1.82) is 0 Å². The number of carbonyl (C=O) groups is 2. The molecular weight excluding hydrogens is 424 g/mol. The fourth-order valence-electron chi connectivity index (χ4n) is 3.55. The first-order valence-electron chi connectivity index (χ1n) is 10.2. The van der Waals surface area contributed by atoms with Crippen LogP contribution < -0.4 is 4.90 Å². The summed E-state index contributed by atoms with van der Waals surface area (Å²) in [4.78, 5) is 31.6. The Morgan fingerprint density at radius 1 is 0.938 bits per heavy atom. The molecule has 0 aliphatic rings. The van der Waals surface area contributed by atoms with Crippen LogP contribution in [0.25, 0.3) is 10.8 Å². The van der Waals surface area contributed by atoms with Gasteiger partial charge in [0, 0.05) is 34.1 Å². The zero-order valence-electron chi connectivity index (χ0n) is 17.5. The minimum absolute atomic E-state index is 0.175. The van der Waals surface area contributed by atoms with Gasteiger partial charge in [-0.2, -0.15) is 0 Å². The maximum atomic E-state index is 13.8. The third-order valence-electron chi connectivity index (χ3n) is 5.10. The van der Waals surface area contributed by atoms with E-state index in [1.54, 1.807) is 60.6 Å². The molecule has 0 unspecified atom stereocenters. The lowest BCUT2D eigenvalue weighted by Gasteiger charge is -2.24. The molecular formula is C26H21ClN2O3. The van der Waals surface area contributed by atoms with Crippen LogP contribution in [-0.2, 0) is 11.3 Å². The first kappa shape index (κ1) is 21.5. The summed E-state index contributed by atoms with van der Waals surface area (Å²) in [6, 6.07) is 21.6. The highest BCUT2D eigenvalue weighted by atomic mass is 35.5. The van der Waals surface area contributed by atoms with Crippen LogP contribution in [0.2, 0.25) is 5.02 Å². The van der Waals surface area contributed by atoms with Crippen LogP contribution in [-0.4, -0.2) is 23.5 Å². The van der Waals surface area contributed by atoms with Crippen LogP contribution >= 0.6 is 11.6 Å². The van der Waals surface area contributed by atoms with Crippen molar-refractivity contribution in [3.63, 3.8) is 0 Å². The van der Waals surface area contributed by atoms with Crippen LogP contribution in [0.1, 0.15) is 33.2 Å². The van der Waals surface area contributed by atoms with E-state index in [2.05, 4.69) is 4.98 Å². The smallest absolute Gasteiger partial charge is 0.338 e. The van der Waals surface area contributed by atoms with E-state index in [0.717, 1.165) is 16.3 Å². The lowest BCUT2D eigenvalue weighted by molar-refractivity contribution is 0.0526. The average Bonchev–Trinajstić information content (AvgIpc) is 2.83. The van der Waals surface area contributed by atoms with Crippen LogP contribution in [0.5, 0.6) is 0 Å². The number of esters is 1. The normalized spacial score (nSPS) is 10.7. The van der Waals surface area contributed by atoms with Gasteiger partial charge in [0.1, 0.15) is 0 Å². The molecule has 0 radical (unpaired) electrons. The molecule has 4 rings (SSSR count). The molecule has 0 saturated carbocycles. The van der Waals surface area contributed by atoms with E-state index in [1.165, 1.54) is 0 Å². The summed E-state index contributed by atoms with van der Waals surface area (Å²) in [5.74, 6) is -0.571. The molecule has 0 saturated heterocycles. The van der Waals surface area contributed by atoms with Crippen molar-refractivity contribution >= 4 is 39.9 Å². The van der Waals surface area contributed by atoms with E-state index in [0.29, 0.717) is 35.0 Å². The summed E-state index contributed by atoms with van der Waals surface area (Å²) in [5.41, 5.74) is 2.52. The van der Waals surface area contributed by atoms with Gasteiger partial charge in [-0.3, -0.25) is 9.78 Å². The number of anilines is 1. The number of amides is 1. The largest absolute Gasteiger partial charge is 0.462 e. The van der Waals surface area contributed by atoms with Crippen molar-refractivity contribution in [2.24, 2.45) is 0 Å². The molecule has 0 spiro atoms. The van der Waals surface area contributed by atoms with Crippen molar-refractivity contribution in [2.75, 3.05) is 11.5 Å². The number of fused-ring (bicyclic) bond motifs is 1. The predicted octanol–water partition coefficient (Wildman–Crippen LogP) is 5.91. The molecule has 0 atom stereocenters. The van der Waals surface area contributed by atoms with Crippen molar-refractivity contribution in [3.05, 3.63) is 107 Å². The van der Waals surface area contributed by atoms with Crippen molar-refractivity contribution in [3.8, 4) is 0 Å². The number of aromatic nitrogens is 1. The maximum Gasteiger partial charge on any atom is 0.338 e. The van der Waals surface area contributed by atoms with Gasteiger partial charge in [0.25, 0.3) is 5.91 Å². The highest BCUT2D eigenvalue weighted by molar-refractivity contribution is 6.36. The molecule has 160 valence electrons. The predicted molar refractivity (Wildman–Crippen MR) is 126 cm³/mol. The van der Waals surface area contributed by atoms with Crippen LogP contribution in [0.4, 0.5) is 5.69 Å². The van der Waals surface area contributed by atoms with Crippen molar-refractivity contribution in [1.82, 2.24) is 4.98 Å². The molecule has 0 aliphatic carbocycles. The first-order chi connectivity index (χ1) is 15.6. The van der Waals surface area contributed by atoms with Gasteiger partial charge >= 0.3 is 5.97 Å². The molecule has 3 aromatic carbocycles. The fourth-order valence-corrected chi connectivity index (χ4v) is 3.79. The lowest BCUT2D eigenvalue weighted by atomic mass is 10.0. The standard InChI is InChI=1S/C26H21ClN2O3/c1-2-32-26(31)19-11-13-20(14-12-19)29(17-18-6-5-15-28-16-18)25(30)23-9-3-8-22-21(23)7-4-10-24(22)27/h3-16H,2,17H2,1H3. The number of halogens is 1. The third kappa shape index (κ3) is 4.48. The second kappa shape index (κ2) is 9.62. The van der Waals surface area contributed by atoms with Gasteiger partial charge in [-0.25, -0.2) is 4.79 Å². The van der Waals surface area contributed by atoms with E-state index < -0.39 is 5.97 Å². The zero-order valence-corrected chi connectivity index (χ0v) is 18.3. The summed E-state index contributed by atoms with van der Waals surface area (Å²) in [6.45, 7) is 2.38. The van der Waals surface area contributed by atoms with Gasteiger partial charge in [-0.15, -0.1) is 0 Å². The number of ether oxygens (including phenoxy) is 1. The molecule has 5 nitrogen and oxygen atoms in total. The summed E-state index contributed by atoms with van der Waals surface area (Å²) >= 11 is 6.36. The van der Waals surface area contributed by atoms with Crippen LogP contribution in [0.15, 0.2) is 85.2 Å². The number of carbonyl (C=O) groups excluding carboxylic acids is 2. The summed E-state index contributed by atoms with van der Waals surface area (Å²) in [7, 11) is 0. The number of benzene rings is 3. The molecule has 0 fully saturated rings. The van der Waals surface area contributed by atoms with E-state index in [9.17, 15) is 9.59 Å². The molecule has 32 heavy (non-hydrogen) atoms. The number of rotatable bonds is 6. The molecule has 1 heterocycles. The summed E-state index contributed by atoms with van der Waals surface area (Å²) in [6.07, 6.45) is 3.42. The average molecular weight is 445 g/mol. The highest BCUT2D eigenvalue weighted by Crippen LogP contribution is 2.29. The van der Waals surface area contributed by atoms with Gasteiger partial charge in [-0.1, -0.05) is 41.9 Å². The van der Waals surface area contributed by atoms with Gasteiger partial charge in [0.05, 0.1) is 18.7 Å². The SMILES string of the molecule is CCOC(=O)c1ccc(N(Cc2cccnc2)C(=O)c2cccc3c(Cl)cccc23)cc1. The van der Waals surface area contributed by atoms with Crippen molar-refractivity contribution in [2.45, 2.75) is 13.5 Å². The maximum absolute atomic E-state index is 13.8. The number of hydrogen-bond donors (Lipinski definition) is 0. The van der Waals surface area contributed by atoms with E-state index in [-0.39, 0.29) is 5.91 Å². The zero-order chi connectivity index (χ0) is 22.5. The minimum Gasteiger partial charge on any atom is -0.462 e. The lowest BCUT2D eigenvalue weighted by Crippen LogP contribution is -2.30. The van der Waals surface area contributed by atoms with Crippen LogP contribution in [0, 0.1) is 0 Å². The second-order valence-electron chi connectivity index (χ2n) is 7.16. The highest BCUT2D eigenvalue weighted by Gasteiger charge is 2.21. The molecule has 4 aromatic rings.